The molecule has 0 radical (unpaired) electrons. The summed E-state index contributed by atoms with van der Waals surface area (Å²) in [6.07, 6.45) is 2.37. The third kappa shape index (κ3) is 5.00. The summed E-state index contributed by atoms with van der Waals surface area (Å²) in [4.78, 5) is 26.8. The van der Waals surface area contributed by atoms with Crippen LogP contribution < -0.4 is 4.90 Å². The molecule has 0 aromatic carbocycles. The second-order valence-electron chi connectivity index (χ2n) is 6.86. The minimum absolute atomic E-state index is 0.231. The SMILES string of the molecule is Cc1oc(-c2cccs2)nc1CSCCC(=O)N1CCN(c2ccccn2)CC1. The lowest BCUT2D eigenvalue weighted by molar-refractivity contribution is -0.131. The van der Waals surface area contributed by atoms with Crippen molar-refractivity contribution < 1.29 is 9.21 Å². The van der Waals surface area contributed by atoms with Gasteiger partial charge in [0.05, 0.1) is 10.6 Å². The van der Waals surface area contributed by atoms with Crippen molar-refractivity contribution in [3.63, 3.8) is 0 Å². The standard InChI is InChI=1S/C21H24N4O2S2/c1-16-17(23-21(27-16)18-5-4-13-29-18)15-28-14-7-20(26)25-11-9-24(10-12-25)19-6-2-3-8-22-19/h2-6,8,13H,7,9-12,14-15H2,1H3. The van der Waals surface area contributed by atoms with E-state index in [9.17, 15) is 4.79 Å². The zero-order chi connectivity index (χ0) is 20.1. The fourth-order valence-electron chi connectivity index (χ4n) is 3.28. The topological polar surface area (TPSA) is 62.5 Å². The zero-order valence-corrected chi connectivity index (χ0v) is 18.0. The Bertz CT molecular complexity index is 920. The van der Waals surface area contributed by atoms with E-state index in [0.717, 1.165) is 59.8 Å². The van der Waals surface area contributed by atoms with Crippen molar-refractivity contribution in [3.8, 4) is 10.8 Å². The first-order valence-corrected chi connectivity index (χ1v) is 11.8. The smallest absolute Gasteiger partial charge is 0.236 e. The van der Waals surface area contributed by atoms with Crippen LogP contribution >= 0.6 is 23.1 Å². The number of carbonyl (C=O) groups excluding carboxylic acids is 1. The average Bonchev–Trinajstić information content (AvgIpc) is 3.42. The van der Waals surface area contributed by atoms with Crippen LogP contribution in [0.5, 0.6) is 0 Å². The molecule has 3 aromatic heterocycles. The quantitative estimate of drug-likeness (QED) is 0.529. The lowest BCUT2D eigenvalue weighted by atomic mass is 10.3. The number of aromatic nitrogens is 2. The highest BCUT2D eigenvalue weighted by Crippen LogP contribution is 2.27. The number of anilines is 1. The van der Waals surface area contributed by atoms with Crippen molar-refractivity contribution in [2.24, 2.45) is 0 Å². The molecule has 152 valence electrons. The van der Waals surface area contributed by atoms with Gasteiger partial charge in [0.1, 0.15) is 11.6 Å². The summed E-state index contributed by atoms with van der Waals surface area (Å²) < 4.78 is 5.78. The molecule has 1 saturated heterocycles. The van der Waals surface area contributed by atoms with Gasteiger partial charge in [-0.1, -0.05) is 12.1 Å². The Balaban J connectivity index is 1.19. The molecule has 1 aliphatic rings. The van der Waals surface area contributed by atoms with E-state index in [1.165, 1.54) is 0 Å². The van der Waals surface area contributed by atoms with Gasteiger partial charge in [-0.05, 0) is 30.5 Å². The van der Waals surface area contributed by atoms with Crippen molar-refractivity contribution in [3.05, 3.63) is 53.4 Å². The van der Waals surface area contributed by atoms with E-state index >= 15 is 0 Å². The van der Waals surface area contributed by atoms with Crippen molar-refractivity contribution >= 4 is 34.8 Å². The van der Waals surface area contributed by atoms with Crippen LogP contribution in [0.2, 0.25) is 0 Å². The number of thiophene rings is 1. The maximum atomic E-state index is 12.5. The van der Waals surface area contributed by atoms with E-state index in [-0.39, 0.29) is 5.91 Å². The highest BCUT2D eigenvalue weighted by molar-refractivity contribution is 7.98. The van der Waals surface area contributed by atoms with Crippen LogP contribution in [-0.2, 0) is 10.5 Å². The number of hydrogen-bond acceptors (Lipinski definition) is 7. The molecular weight excluding hydrogens is 404 g/mol. The molecule has 0 unspecified atom stereocenters. The number of carbonyl (C=O) groups is 1. The van der Waals surface area contributed by atoms with Gasteiger partial charge in [-0.2, -0.15) is 11.8 Å². The molecule has 3 aromatic rings. The fraction of sp³-hybridized carbons (Fsp3) is 0.381. The third-order valence-corrected chi connectivity index (χ3v) is 6.76. The molecule has 4 rings (SSSR count). The van der Waals surface area contributed by atoms with Crippen LogP contribution in [-0.4, -0.2) is 52.7 Å². The molecular formula is C21H24N4O2S2. The van der Waals surface area contributed by atoms with E-state index in [1.807, 2.05) is 53.7 Å². The monoisotopic (exact) mass is 428 g/mol. The van der Waals surface area contributed by atoms with Gasteiger partial charge in [0, 0.05) is 50.3 Å². The van der Waals surface area contributed by atoms with E-state index in [1.54, 1.807) is 23.1 Å². The summed E-state index contributed by atoms with van der Waals surface area (Å²) >= 11 is 3.36. The van der Waals surface area contributed by atoms with Crippen LogP contribution in [0.15, 0.2) is 46.3 Å². The molecule has 1 amide bonds. The van der Waals surface area contributed by atoms with Crippen molar-refractivity contribution in [1.29, 1.82) is 0 Å². The Labute approximate surface area is 179 Å². The van der Waals surface area contributed by atoms with Gasteiger partial charge in [0.15, 0.2) is 0 Å². The molecule has 6 nitrogen and oxygen atoms in total. The van der Waals surface area contributed by atoms with Crippen LogP contribution in [0.1, 0.15) is 17.9 Å². The van der Waals surface area contributed by atoms with Crippen molar-refractivity contribution in [2.75, 3.05) is 36.8 Å². The Hall–Kier alpha value is -2.32. The largest absolute Gasteiger partial charge is 0.440 e. The summed E-state index contributed by atoms with van der Waals surface area (Å²) in [5.74, 6) is 4.32. The molecule has 1 fully saturated rings. The van der Waals surface area contributed by atoms with Gasteiger partial charge in [-0.3, -0.25) is 4.79 Å². The predicted molar refractivity (Wildman–Crippen MR) is 118 cm³/mol. The highest BCUT2D eigenvalue weighted by atomic mass is 32.2. The molecule has 8 heteroatoms. The van der Waals surface area contributed by atoms with E-state index in [4.69, 9.17) is 4.42 Å². The maximum absolute atomic E-state index is 12.5. The van der Waals surface area contributed by atoms with Gasteiger partial charge < -0.3 is 14.2 Å². The van der Waals surface area contributed by atoms with Gasteiger partial charge in [0.25, 0.3) is 0 Å². The number of amides is 1. The summed E-state index contributed by atoms with van der Waals surface area (Å²) in [7, 11) is 0. The van der Waals surface area contributed by atoms with E-state index in [0.29, 0.717) is 12.3 Å². The summed E-state index contributed by atoms with van der Waals surface area (Å²) in [5, 5.41) is 2.02. The first kappa shape index (κ1) is 20.0. The first-order chi connectivity index (χ1) is 14.2. The maximum Gasteiger partial charge on any atom is 0.236 e. The third-order valence-electron chi connectivity index (χ3n) is 4.93. The number of thioether (sulfide) groups is 1. The minimum Gasteiger partial charge on any atom is -0.440 e. The number of nitrogens with zero attached hydrogens (tertiary/aromatic N) is 4. The summed E-state index contributed by atoms with van der Waals surface area (Å²) in [6.45, 7) is 5.13. The van der Waals surface area contributed by atoms with Gasteiger partial charge >= 0.3 is 0 Å². The van der Waals surface area contributed by atoms with Crippen LogP contribution in [0.25, 0.3) is 10.8 Å². The molecule has 0 N–H and O–H groups in total. The Morgan fingerprint density at radius 3 is 2.79 bits per heavy atom. The number of aryl methyl sites for hydroxylation is 1. The van der Waals surface area contributed by atoms with E-state index in [2.05, 4.69) is 14.9 Å². The van der Waals surface area contributed by atoms with Crippen LogP contribution in [0, 0.1) is 6.92 Å². The molecule has 0 aliphatic carbocycles. The minimum atomic E-state index is 0.231. The number of piperazine rings is 1. The molecule has 29 heavy (non-hydrogen) atoms. The average molecular weight is 429 g/mol. The molecule has 1 aliphatic heterocycles. The molecule has 0 atom stereocenters. The van der Waals surface area contributed by atoms with Crippen LogP contribution in [0.3, 0.4) is 0 Å². The Kier molecular flexibility index (Phi) is 6.51. The van der Waals surface area contributed by atoms with Crippen LogP contribution in [0.4, 0.5) is 5.82 Å². The fourth-order valence-corrected chi connectivity index (χ4v) is 4.85. The Morgan fingerprint density at radius 1 is 1.21 bits per heavy atom. The van der Waals surface area contributed by atoms with E-state index < -0.39 is 0 Å². The number of hydrogen-bond donors (Lipinski definition) is 0. The number of rotatable bonds is 7. The second kappa shape index (κ2) is 9.45. The number of oxazole rings is 1. The molecule has 4 heterocycles. The van der Waals surface area contributed by atoms with Gasteiger partial charge in [-0.15, -0.1) is 11.3 Å². The zero-order valence-electron chi connectivity index (χ0n) is 16.4. The lowest BCUT2D eigenvalue weighted by Gasteiger charge is -2.35. The highest BCUT2D eigenvalue weighted by Gasteiger charge is 2.21. The normalized spacial score (nSPS) is 14.4. The molecule has 0 spiro atoms. The predicted octanol–water partition coefficient (Wildman–Crippen LogP) is 4.08. The Morgan fingerprint density at radius 2 is 2.07 bits per heavy atom. The summed E-state index contributed by atoms with van der Waals surface area (Å²) in [5.41, 5.74) is 0.967. The summed E-state index contributed by atoms with van der Waals surface area (Å²) in [6, 6.07) is 9.94. The van der Waals surface area contributed by atoms with Crippen molar-refractivity contribution in [2.45, 2.75) is 19.1 Å². The molecule has 0 saturated carbocycles. The molecule has 0 bridgehead atoms. The second-order valence-corrected chi connectivity index (χ2v) is 8.91. The van der Waals surface area contributed by atoms with Gasteiger partial charge in [-0.25, -0.2) is 9.97 Å². The lowest BCUT2D eigenvalue weighted by Crippen LogP contribution is -2.49. The van der Waals surface area contributed by atoms with Crippen molar-refractivity contribution in [1.82, 2.24) is 14.9 Å². The van der Waals surface area contributed by atoms with Gasteiger partial charge in [0.2, 0.25) is 11.8 Å². The first-order valence-electron chi connectivity index (χ1n) is 9.72. The number of pyridine rings is 1.